The molecule has 0 bridgehead atoms. The summed E-state index contributed by atoms with van der Waals surface area (Å²) in [6.45, 7) is 0. The summed E-state index contributed by atoms with van der Waals surface area (Å²) in [6, 6.07) is 13.1. The Morgan fingerprint density at radius 1 is 1.10 bits per heavy atom. The molecule has 0 aliphatic carbocycles. The fraction of sp³-hybridized carbons (Fsp3) is 0.0588. The number of halogens is 1. The Morgan fingerprint density at radius 3 is 2.71 bits per heavy atom. The molecule has 104 valence electrons. The van der Waals surface area contributed by atoms with Gasteiger partial charge < -0.3 is 4.74 Å². The molecule has 0 fully saturated rings. The lowest BCUT2D eigenvalue weighted by Gasteiger charge is -2.09. The van der Waals surface area contributed by atoms with Crippen LogP contribution in [-0.2, 0) is 0 Å². The number of pyridine rings is 1. The highest BCUT2D eigenvalue weighted by molar-refractivity contribution is 9.10. The van der Waals surface area contributed by atoms with Crippen LogP contribution >= 0.6 is 15.9 Å². The quantitative estimate of drug-likeness (QED) is 0.669. The van der Waals surface area contributed by atoms with Gasteiger partial charge in [-0.3, -0.25) is 9.78 Å². The van der Waals surface area contributed by atoms with Gasteiger partial charge in [0.2, 0.25) is 0 Å². The van der Waals surface area contributed by atoms with Gasteiger partial charge in [-0.1, -0.05) is 40.2 Å². The number of hydrogen-bond donors (Lipinski definition) is 0. The van der Waals surface area contributed by atoms with Crippen LogP contribution in [0.4, 0.5) is 0 Å². The Bertz CT molecular complexity index is 825. The average molecular weight is 342 g/mol. The van der Waals surface area contributed by atoms with Gasteiger partial charge in [0.15, 0.2) is 5.78 Å². The second-order valence-electron chi connectivity index (χ2n) is 4.58. The van der Waals surface area contributed by atoms with Crippen LogP contribution in [-0.4, -0.2) is 17.9 Å². The van der Waals surface area contributed by atoms with Crippen LogP contribution in [0.2, 0.25) is 0 Å². The number of ketones is 1. The zero-order valence-corrected chi connectivity index (χ0v) is 12.9. The van der Waals surface area contributed by atoms with Gasteiger partial charge in [-0.05, 0) is 23.6 Å². The van der Waals surface area contributed by atoms with E-state index in [2.05, 4.69) is 20.9 Å². The molecule has 3 rings (SSSR count). The summed E-state index contributed by atoms with van der Waals surface area (Å²) in [5.74, 6) is 0.450. The van der Waals surface area contributed by atoms with Crippen LogP contribution in [0.1, 0.15) is 15.9 Å². The fourth-order valence-corrected chi connectivity index (χ4v) is 2.64. The van der Waals surface area contributed by atoms with Crippen molar-refractivity contribution in [2.75, 3.05) is 7.11 Å². The van der Waals surface area contributed by atoms with Gasteiger partial charge in [0.1, 0.15) is 5.75 Å². The molecule has 21 heavy (non-hydrogen) atoms. The third-order valence-electron chi connectivity index (χ3n) is 3.32. The number of hydrogen-bond acceptors (Lipinski definition) is 3. The molecule has 0 spiro atoms. The Labute approximate surface area is 130 Å². The summed E-state index contributed by atoms with van der Waals surface area (Å²) >= 11 is 3.38. The van der Waals surface area contributed by atoms with Gasteiger partial charge in [0.05, 0.1) is 12.7 Å². The van der Waals surface area contributed by atoms with E-state index in [9.17, 15) is 4.79 Å². The maximum atomic E-state index is 12.8. The molecule has 2 aromatic carbocycles. The largest absolute Gasteiger partial charge is 0.496 e. The molecule has 1 aromatic heterocycles. The molecule has 1 heterocycles. The average Bonchev–Trinajstić information content (AvgIpc) is 2.53. The zero-order chi connectivity index (χ0) is 14.8. The normalized spacial score (nSPS) is 10.6. The minimum atomic E-state index is -0.0938. The van der Waals surface area contributed by atoms with Crippen molar-refractivity contribution in [2.24, 2.45) is 0 Å². The van der Waals surface area contributed by atoms with E-state index in [4.69, 9.17) is 4.74 Å². The second-order valence-corrected chi connectivity index (χ2v) is 5.50. The Balaban J connectivity index is 2.17. The van der Waals surface area contributed by atoms with Crippen molar-refractivity contribution in [3.05, 3.63) is 70.5 Å². The molecule has 0 aliphatic rings. The maximum absolute atomic E-state index is 12.8. The number of aromatic nitrogens is 1. The van der Waals surface area contributed by atoms with Gasteiger partial charge in [0.25, 0.3) is 0 Å². The third kappa shape index (κ3) is 2.54. The van der Waals surface area contributed by atoms with Crippen LogP contribution in [0.15, 0.2) is 59.3 Å². The van der Waals surface area contributed by atoms with E-state index < -0.39 is 0 Å². The van der Waals surface area contributed by atoms with Crippen molar-refractivity contribution in [3.63, 3.8) is 0 Å². The van der Waals surface area contributed by atoms with Crippen molar-refractivity contribution in [1.29, 1.82) is 0 Å². The zero-order valence-electron chi connectivity index (χ0n) is 11.3. The number of fused-ring (bicyclic) bond motifs is 1. The van der Waals surface area contributed by atoms with Crippen LogP contribution in [0, 0.1) is 0 Å². The van der Waals surface area contributed by atoms with Gasteiger partial charge >= 0.3 is 0 Å². The predicted octanol–water partition coefficient (Wildman–Crippen LogP) is 4.24. The smallest absolute Gasteiger partial charge is 0.198 e. The first kappa shape index (κ1) is 13.8. The van der Waals surface area contributed by atoms with Gasteiger partial charge in [0, 0.05) is 27.8 Å². The number of rotatable bonds is 3. The minimum absolute atomic E-state index is 0.0938. The third-order valence-corrected chi connectivity index (χ3v) is 3.81. The van der Waals surface area contributed by atoms with Crippen LogP contribution in [0.25, 0.3) is 10.8 Å². The highest BCUT2D eigenvalue weighted by Gasteiger charge is 2.17. The van der Waals surface area contributed by atoms with Gasteiger partial charge in [-0.2, -0.15) is 0 Å². The monoisotopic (exact) mass is 341 g/mol. The first-order valence-electron chi connectivity index (χ1n) is 6.41. The maximum Gasteiger partial charge on any atom is 0.198 e. The summed E-state index contributed by atoms with van der Waals surface area (Å²) in [5.41, 5.74) is 1.10. The molecule has 0 atom stereocenters. The molecular formula is C17H12BrNO2. The van der Waals surface area contributed by atoms with E-state index in [1.54, 1.807) is 31.6 Å². The first-order chi connectivity index (χ1) is 10.2. The Kier molecular flexibility index (Phi) is 3.71. The van der Waals surface area contributed by atoms with Crippen molar-refractivity contribution >= 4 is 32.5 Å². The highest BCUT2D eigenvalue weighted by atomic mass is 79.9. The minimum Gasteiger partial charge on any atom is -0.496 e. The number of benzene rings is 2. The lowest BCUT2D eigenvalue weighted by atomic mass is 9.99. The molecule has 0 saturated heterocycles. The lowest BCUT2D eigenvalue weighted by molar-refractivity contribution is 0.103. The summed E-state index contributed by atoms with van der Waals surface area (Å²) in [6.07, 6.45) is 3.36. The topological polar surface area (TPSA) is 39.2 Å². The summed E-state index contributed by atoms with van der Waals surface area (Å²) < 4.78 is 6.18. The summed E-state index contributed by atoms with van der Waals surface area (Å²) in [4.78, 5) is 17.0. The number of ether oxygens (including phenoxy) is 1. The standard InChI is InChI=1S/C17H12BrNO2/c1-21-16-8-12(18)6-7-14(16)17(20)15-10-19-9-11-4-2-3-5-13(11)15/h2-10H,1H3. The van der Waals surface area contributed by atoms with Crippen LogP contribution in [0.3, 0.4) is 0 Å². The van der Waals surface area contributed by atoms with Crippen molar-refractivity contribution in [1.82, 2.24) is 4.98 Å². The van der Waals surface area contributed by atoms with E-state index in [1.807, 2.05) is 30.3 Å². The molecule has 0 aliphatic heterocycles. The van der Waals surface area contributed by atoms with E-state index in [0.29, 0.717) is 16.9 Å². The predicted molar refractivity (Wildman–Crippen MR) is 85.9 cm³/mol. The Morgan fingerprint density at radius 2 is 1.90 bits per heavy atom. The van der Waals surface area contributed by atoms with Crippen molar-refractivity contribution in [3.8, 4) is 5.75 Å². The molecule has 0 unspecified atom stereocenters. The Hall–Kier alpha value is -2.20. The molecule has 0 radical (unpaired) electrons. The van der Waals surface area contributed by atoms with E-state index in [0.717, 1.165) is 15.2 Å². The number of carbonyl (C=O) groups is 1. The number of carbonyl (C=O) groups excluding carboxylic acids is 1. The van der Waals surface area contributed by atoms with Gasteiger partial charge in [-0.25, -0.2) is 0 Å². The second kappa shape index (κ2) is 5.66. The molecule has 0 N–H and O–H groups in total. The molecule has 0 saturated carbocycles. The molecule has 3 nitrogen and oxygen atoms in total. The fourth-order valence-electron chi connectivity index (χ4n) is 2.30. The first-order valence-corrected chi connectivity index (χ1v) is 7.21. The van der Waals surface area contributed by atoms with Crippen LogP contribution < -0.4 is 4.74 Å². The van der Waals surface area contributed by atoms with E-state index in [-0.39, 0.29) is 5.78 Å². The van der Waals surface area contributed by atoms with E-state index in [1.165, 1.54) is 0 Å². The number of methoxy groups -OCH3 is 1. The molecular weight excluding hydrogens is 330 g/mol. The van der Waals surface area contributed by atoms with Crippen molar-refractivity contribution in [2.45, 2.75) is 0 Å². The molecule has 0 amide bonds. The molecule has 4 heteroatoms. The summed E-state index contributed by atoms with van der Waals surface area (Å²) in [7, 11) is 1.56. The SMILES string of the molecule is COc1cc(Br)ccc1C(=O)c1cncc2ccccc12. The summed E-state index contributed by atoms with van der Waals surface area (Å²) in [5, 5.41) is 1.84. The van der Waals surface area contributed by atoms with Crippen molar-refractivity contribution < 1.29 is 9.53 Å². The number of nitrogens with zero attached hydrogens (tertiary/aromatic N) is 1. The molecule has 3 aromatic rings. The van der Waals surface area contributed by atoms with Gasteiger partial charge in [-0.15, -0.1) is 0 Å². The van der Waals surface area contributed by atoms with Crippen LogP contribution in [0.5, 0.6) is 5.75 Å². The van der Waals surface area contributed by atoms with E-state index >= 15 is 0 Å². The highest BCUT2D eigenvalue weighted by Crippen LogP contribution is 2.28. The lowest BCUT2D eigenvalue weighted by Crippen LogP contribution is -2.05.